The minimum atomic E-state index is -2.19. The van der Waals surface area contributed by atoms with Gasteiger partial charge in [0.15, 0.2) is 46.5 Å². The van der Waals surface area contributed by atoms with Crippen LogP contribution in [0.4, 0.5) is 35.1 Å². The van der Waals surface area contributed by atoms with Crippen molar-refractivity contribution in [3.63, 3.8) is 0 Å². The third-order valence-corrected chi connectivity index (χ3v) is 11.5. The maximum absolute atomic E-state index is 16.8. The molecule has 298 valence electrons. The Morgan fingerprint density at radius 2 is 0.397 bits per heavy atom. The van der Waals surface area contributed by atoms with E-state index in [4.69, 9.17) is 0 Å². The summed E-state index contributed by atoms with van der Waals surface area (Å²) < 4.78 is 134. The highest BCUT2D eigenvalue weighted by Crippen LogP contribution is 2.35. The maximum Gasteiger partial charge on any atom is 0.250 e. The normalized spacial score (nSPS) is 11.4. The van der Waals surface area contributed by atoms with Gasteiger partial charge in [0, 0.05) is 10.9 Å². The lowest BCUT2D eigenvalue weighted by atomic mass is 9.33. The van der Waals surface area contributed by atoms with Crippen molar-refractivity contribution in [3.05, 3.63) is 162 Å². The number of benzene rings is 6. The zero-order chi connectivity index (χ0) is 43.0. The summed E-state index contributed by atoms with van der Waals surface area (Å²) in [6.07, 6.45) is 0. The van der Waals surface area contributed by atoms with E-state index in [0.717, 1.165) is 22.3 Å². The van der Waals surface area contributed by atoms with Crippen LogP contribution in [0.5, 0.6) is 0 Å². The molecule has 0 spiro atoms. The zero-order valence-corrected chi connectivity index (χ0v) is 34.8. The van der Waals surface area contributed by atoms with Crippen LogP contribution < -0.4 is 32.8 Å². The quantitative estimate of drug-likeness (QED) is 0.0860. The Labute approximate surface area is 336 Å². The second kappa shape index (κ2) is 15.6. The molecule has 0 fully saturated rings. The smallest absolute Gasteiger partial charge is 0.204 e. The van der Waals surface area contributed by atoms with Crippen LogP contribution in [0.3, 0.4) is 0 Å². The van der Waals surface area contributed by atoms with Gasteiger partial charge in [0.1, 0.15) is 0 Å². The predicted molar refractivity (Wildman–Crippen MR) is 223 cm³/mol. The molecule has 0 bridgehead atoms. The van der Waals surface area contributed by atoms with Crippen molar-refractivity contribution in [2.75, 3.05) is 0 Å². The summed E-state index contributed by atoms with van der Waals surface area (Å²) in [4.78, 5) is 0. The highest BCUT2D eigenvalue weighted by atomic mass is 19.2. The molecule has 0 aliphatic heterocycles. The predicted octanol–water partition coefficient (Wildman–Crippen LogP) is 9.20. The minimum absolute atomic E-state index is 0.373. The van der Waals surface area contributed by atoms with Gasteiger partial charge in [-0.2, -0.15) is 0 Å². The lowest BCUT2D eigenvalue weighted by Gasteiger charge is -2.27. The van der Waals surface area contributed by atoms with Crippen LogP contribution in [0.15, 0.2) is 48.5 Å². The van der Waals surface area contributed by atoms with Crippen LogP contribution in [0, 0.1) is 130 Å². The minimum Gasteiger partial charge on any atom is -0.204 e. The van der Waals surface area contributed by atoms with Gasteiger partial charge in [-0.05, 0) is 83.1 Å². The summed E-state index contributed by atoms with van der Waals surface area (Å²) in [7, 11) is 0. The molecule has 0 atom stereocenters. The molecule has 0 unspecified atom stereocenters. The Morgan fingerprint density at radius 1 is 0.241 bits per heavy atom. The van der Waals surface area contributed by atoms with E-state index in [1.54, 1.807) is 104 Å². The molecule has 0 aliphatic carbocycles. The fourth-order valence-electron chi connectivity index (χ4n) is 9.70. The fraction of sp³-hybridized carbons (Fsp3) is 0.250. The molecular formula is C48H44B2F8. The van der Waals surface area contributed by atoms with Crippen molar-refractivity contribution in [1.82, 2.24) is 0 Å². The molecule has 0 radical (unpaired) electrons. The van der Waals surface area contributed by atoms with Crippen LogP contribution in [0.25, 0.3) is 11.1 Å². The number of hydrogen-bond acceptors (Lipinski definition) is 0. The number of rotatable bonds is 7. The fourth-order valence-corrected chi connectivity index (χ4v) is 9.70. The first-order valence-corrected chi connectivity index (χ1v) is 19.1. The van der Waals surface area contributed by atoms with Crippen LogP contribution in [0.2, 0.25) is 0 Å². The average molecular weight is 794 g/mol. The first-order valence-electron chi connectivity index (χ1n) is 19.1. The Balaban J connectivity index is 1.69. The third-order valence-electron chi connectivity index (χ3n) is 11.5. The molecule has 0 amide bonds. The molecule has 0 heterocycles. The van der Waals surface area contributed by atoms with Crippen LogP contribution in [0.1, 0.15) is 66.8 Å². The maximum atomic E-state index is 16.8. The Hall–Kier alpha value is -5.11. The van der Waals surface area contributed by atoms with Gasteiger partial charge in [0.25, 0.3) is 13.4 Å². The second-order valence-electron chi connectivity index (χ2n) is 16.2. The molecule has 0 saturated heterocycles. The molecule has 58 heavy (non-hydrogen) atoms. The first-order chi connectivity index (χ1) is 27.1. The van der Waals surface area contributed by atoms with Crippen molar-refractivity contribution in [3.8, 4) is 11.1 Å². The molecule has 0 nitrogen and oxygen atoms in total. The highest BCUT2D eigenvalue weighted by molar-refractivity contribution is 6.97. The molecule has 6 rings (SSSR count). The zero-order valence-electron chi connectivity index (χ0n) is 34.8. The van der Waals surface area contributed by atoms with Crippen LogP contribution >= 0.6 is 0 Å². The number of aryl methyl sites for hydroxylation is 12. The summed E-state index contributed by atoms with van der Waals surface area (Å²) in [5.41, 5.74) is 3.60. The first kappa shape index (κ1) is 42.5. The van der Waals surface area contributed by atoms with Crippen molar-refractivity contribution in [1.29, 1.82) is 0 Å². The van der Waals surface area contributed by atoms with Crippen molar-refractivity contribution >= 4 is 46.2 Å². The van der Waals surface area contributed by atoms with E-state index >= 15 is 35.1 Å². The summed E-state index contributed by atoms with van der Waals surface area (Å²) in [5, 5.41) is 0. The van der Waals surface area contributed by atoms with E-state index in [9.17, 15) is 0 Å². The SMILES string of the molecule is Cc1cc(C)c(B(c2c(C)cc(C)cc2C)c2c(F)c(F)c(-c3c(F)c(F)c(B(c4c(C)cc(C)cc4C)c4c(C)cc(C)cc4C)c(F)c3F)c(F)c2F)c(C)c1. The topological polar surface area (TPSA) is 0 Å². The average Bonchev–Trinajstić information content (AvgIpc) is 3.09. The Morgan fingerprint density at radius 3 is 0.552 bits per heavy atom. The Kier molecular flexibility index (Phi) is 11.4. The van der Waals surface area contributed by atoms with E-state index in [1.807, 2.05) is 27.7 Å². The monoisotopic (exact) mass is 794 g/mol. The van der Waals surface area contributed by atoms with Crippen LogP contribution in [-0.2, 0) is 0 Å². The lowest BCUT2D eigenvalue weighted by Crippen LogP contribution is -2.58. The molecule has 0 aromatic heterocycles. The van der Waals surface area contributed by atoms with E-state index in [-0.39, 0.29) is 0 Å². The second-order valence-corrected chi connectivity index (χ2v) is 16.2. The van der Waals surface area contributed by atoms with Gasteiger partial charge in [-0.1, -0.05) is 137 Å². The molecule has 6 aromatic rings. The summed E-state index contributed by atoms with van der Waals surface area (Å²) in [6, 6.07) is 14.2. The molecule has 10 heteroatoms. The molecule has 6 aromatic carbocycles. The molecule has 0 N–H and O–H groups in total. The standard InChI is InChI=1S/C48H44B2F8/c1-21-13-25(5)35(26(6)14-21)49(36-27(7)15-22(2)16-28(36)8)39-45(55)41(51)33(42(52)46(39)56)34-43(53)47(57)40(48(58)44(34)54)50(37-29(9)17-23(3)18-30(37)10)38-31(11)19-24(4)20-32(38)12/h13-20H,1-12H3. The van der Waals surface area contributed by atoms with Gasteiger partial charge < -0.3 is 0 Å². The summed E-state index contributed by atoms with van der Waals surface area (Å²) >= 11 is 0. The van der Waals surface area contributed by atoms with Crippen molar-refractivity contribution in [2.24, 2.45) is 0 Å². The van der Waals surface area contributed by atoms with E-state index in [2.05, 4.69) is 0 Å². The Bertz CT molecular complexity index is 2250. The molecule has 0 saturated carbocycles. The molecule has 0 aliphatic rings. The molecular weight excluding hydrogens is 750 g/mol. The summed E-state index contributed by atoms with van der Waals surface area (Å²) in [5.74, 6) is -16.6. The van der Waals surface area contributed by atoms with E-state index in [1.165, 1.54) is 0 Å². The van der Waals surface area contributed by atoms with Gasteiger partial charge in [-0.25, -0.2) is 35.1 Å². The van der Waals surface area contributed by atoms with Gasteiger partial charge in [0.2, 0.25) is 0 Å². The van der Waals surface area contributed by atoms with Crippen molar-refractivity contribution < 1.29 is 35.1 Å². The van der Waals surface area contributed by atoms with E-state index in [0.29, 0.717) is 66.4 Å². The number of halogens is 8. The van der Waals surface area contributed by atoms with Gasteiger partial charge in [-0.15, -0.1) is 0 Å². The highest BCUT2D eigenvalue weighted by Gasteiger charge is 2.42. The third kappa shape index (κ3) is 6.96. The van der Waals surface area contributed by atoms with E-state index < -0.39 is 82.0 Å². The number of hydrogen-bond donors (Lipinski definition) is 0. The van der Waals surface area contributed by atoms with Gasteiger partial charge >= 0.3 is 0 Å². The van der Waals surface area contributed by atoms with Crippen LogP contribution in [-0.4, -0.2) is 13.4 Å². The van der Waals surface area contributed by atoms with Gasteiger partial charge in [0.05, 0.1) is 11.1 Å². The summed E-state index contributed by atoms with van der Waals surface area (Å²) in [6.45, 7) is 18.2. The largest absolute Gasteiger partial charge is 0.250 e. The lowest BCUT2D eigenvalue weighted by molar-refractivity contribution is 0.450. The van der Waals surface area contributed by atoms with Crippen molar-refractivity contribution in [2.45, 2.75) is 83.1 Å². The van der Waals surface area contributed by atoms with Gasteiger partial charge in [-0.3, -0.25) is 0 Å².